The van der Waals surface area contributed by atoms with E-state index in [9.17, 15) is 14.4 Å². The van der Waals surface area contributed by atoms with E-state index < -0.39 is 11.8 Å². The number of methoxy groups -OCH3 is 1. The summed E-state index contributed by atoms with van der Waals surface area (Å²) < 4.78 is 4.33. The fraction of sp³-hybridized carbons (Fsp3) is 0.154. The molecule has 1 aromatic carbocycles. The predicted molar refractivity (Wildman–Crippen MR) is 64.8 cm³/mol. The van der Waals surface area contributed by atoms with Crippen LogP contribution in [0.4, 0.5) is 0 Å². The van der Waals surface area contributed by atoms with Crippen molar-refractivity contribution < 1.29 is 19.1 Å². The lowest BCUT2D eigenvalue weighted by molar-refractivity contribution is -0.135. The average molecular weight is 247 g/mol. The molecule has 1 rings (SSSR count). The average Bonchev–Trinajstić information content (AvgIpc) is 2.43. The summed E-state index contributed by atoms with van der Waals surface area (Å²) in [5.41, 5.74) is 1.06. The topological polar surface area (TPSA) is 72.5 Å². The van der Waals surface area contributed by atoms with Gasteiger partial charge in [-0.15, -0.1) is 0 Å². The maximum Gasteiger partial charge on any atom is 0.379 e. The minimum atomic E-state index is -0.900. The zero-order valence-corrected chi connectivity index (χ0v) is 9.93. The quantitative estimate of drug-likeness (QED) is 0.362. The first-order valence-corrected chi connectivity index (χ1v) is 5.20. The molecule has 0 heterocycles. The number of amides is 1. The van der Waals surface area contributed by atoms with Crippen LogP contribution in [0.15, 0.2) is 36.9 Å². The molecule has 0 atom stereocenters. The predicted octanol–water partition coefficient (Wildman–Crippen LogP) is 0.845. The van der Waals surface area contributed by atoms with Crippen LogP contribution in [0.3, 0.4) is 0 Å². The Morgan fingerprint density at radius 2 is 1.89 bits per heavy atom. The van der Waals surface area contributed by atoms with Crippen LogP contribution in [0.2, 0.25) is 0 Å². The Hall–Kier alpha value is -2.43. The molecule has 18 heavy (non-hydrogen) atoms. The fourth-order valence-corrected chi connectivity index (χ4v) is 1.25. The fourth-order valence-electron chi connectivity index (χ4n) is 1.25. The number of Topliss-reactive ketones (excluding diaryl/α,β-unsaturated/α-hetero) is 1. The van der Waals surface area contributed by atoms with Gasteiger partial charge in [0.05, 0.1) is 7.11 Å². The third-order valence-corrected chi connectivity index (χ3v) is 2.24. The number of benzene rings is 1. The molecule has 0 aliphatic heterocycles. The number of rotatable bonds is 5. The van der Waals surface area contributed by atoms with Gasteiger partial charge in [-0.1, -0.05) is 30.8 Å². The number of hydrogen-bond donors (Lipinski definition) is 1. The number of hydrogen-bond acceptors (Lipinski definition) is 4. The van der Waals surface area contributed by atoms with Crippen LogP contribution in [0.1, 0.15) is 15.9 Å². The van der Waals surface area contributed by atoms with Crippen LogP contribution in [-0.2, 0) is 20.9 Å². The van der Waals surface area contributed by atoms with Gasteiger partial charge in [0.15, 0.2) is 0 Å². The molecule has 0 bridgehead atoms. The van der Waals surface area contributed by atoms with Crippen molar-refractivity contribution in [3.05, 3.63) is 48.0 Å². The molecule has 0 aromatic heterocycles. The van der Waals surface area contributed by atoms with Gasteiger partial charge in [-0.25, -0.2) is 4.79 Å². The zero-order chi connectivity index (χ0) is 13.5. The van der Waals surface area contributed by atoms with Crippen molar-refractivity contribution in [2.75, 3.05) is 7.11 Å². The van der Waals surface area contributed by atoms with Crippen molar-refractivity contribution in [2.24, 2.45) is 0 Å². The Balaban J connectivity index is 2.68. The highest BCUT2D eigenvalue weighted by Crippen LogP contribution is 2.06. The molecule has 1 N–H and O–H groups in total. The van der Waals surface area contributed by atoms with Gasteiger partial charge >= 0.3 is 5.97 Å². The molecule has 1 aromatic rings. The molecule has 1 amide bonds. The van der Waals surface area contributed by atoms with E-state index in [-0.39, 0.29) is 11.5 Å². The summed E-state index contributed by atoms with van der Waals surface area (Å²) in [5.74, 6) is -1.87. The normalized spacial score (nSPS) is 9.39. The largest absolute Gasteiger partial charge is 0.463 e. The summed E-state index contributed by atoms with van der Waals surface area (Å²) in [6.07, 6.45) is 1.18. The highest BCUT2D eigenvalue weighted by atomic mass is 16.5. The Bertz CT molecular complexity index is 476. The third kappa shape index (κ3) is 3.55. The van der Waals surface area contributed by atoms with Gasteiger partial charge in [0.1, 0.15) is 0 Å². The Kier molecular flexibility index (Phi) is 4.80. The molecule has 0 aliphatic carbocycles. The van der Waals surface area contributed by atoms with E-state index in [0.717, 1.165) is 12.7 Å². The van der Waals surface area contributed by atoms with Crippen LogP contribution < -0.4 is 5.32 Å². The van der Waals surface area contributed by atoms with Gasteiger partial charge in [0, 0.05) is 12.1 Å². The number of esters is 1. The number of carbonyl (C=O) groups is 3. The summed E-state index contributed by atoms with van der Waals surface area (Å²) in [5, 5.41) is 2.60. The van der Waals surface area contributed by atoms with Crippen LogP contribution in [-0.4, -0.2) is 24.8 Å². The van der Waals surface area contributed by atoms with E-state index in [2.05, 4.69) is 16.6 Å². The van der Waals surface area contributed by atoms with Gasteiger partial charge in [0.25, 0.3) is 5.78 Å². The summed E-state index contributed by atoms with van der Waals surface area (Å²) in [4.78, 5) is 33.4. The van der Waals surface area contributed by atoms with Gasteiger partial charge in [0.2, 0.25) is 5.91 Å². The molecule has 0 fully saturated rings. The molecule has 5 heteroatoms. The minimum absolute atomic E-state index is 0.251. The van der Waals surface area contributed by atoms with Crippen molar-refractivity contribution in [1.29, 1.82) is 0 Å². The number of ketones is 1. The van der Waals surface area contributed by atoms with Gasteiger partial charge in [-0.05, 0) is 11.6 Å². The van der Waals surface area contributed by atoms with Gasteiger partial charge in [-0.2, -0.15) is 0 Å². The standard InChI is InChI=1S/C13H13NO4/c1-3-11(15)14-8-9-4-6-10(7-5-9)12(16)13(17)18-2/h3-7H,1,8H2,2H3,(H,14,15). The van der Waals surface area contributed by atoms with Gasteiger partial charge < -0.3 is 10.1 Å². The summed E-state index contributed by atoms with van der Waals surface area (Å²) in [6.45, 7) is 3.66. The van der Waals surface area contributed by atoms with Crippen LogP contribution in [0.5, 0.6) is 0 Å². The van der Waals surface area contributed by atoms with Crippen molar-refractivity contribution in [1.82, 2.24) is 5.32 Å². The maximum absolute atomic E-state index is 11.4. The maximum atomic E-state index is 11.4. The monoisotopic (exact) mass is 247 g/mol. The Labute approximate surface area is 104 Å². The van der Waals surface area contributed by atoms with E-state index in [1.165, 1.54) is 18.2 Å². The van der Waals surface area contributed by atoms with Crippen molar-refractivity contribution in [3.8, 4) is 0 Å². The number of carbonyl (C=O) groups excluding carboxylic acids is 3. The zero-order valence-electron chi connectivity index (χ0n) is 9.93. The van der Waals surface area contributed by atoms with Crippen LogP contribution in [0, 0.1) is 0 Å². The first kappa shape index (κ1) is 13.6. The SMILES string of the molecule is C=CC(=O)NCc1ccc(C(=O)C(=O)OC)cc1. The molecule has 0 spiro atoms. The molecule has 0 aliphatic rings. The van der Waals surface area contributed by atoms with E-state index in [1.54, 1.807) is 12.1 Å². The van der Waals surface area contributed by atoms with Crippen LogP contribution in [0.25, 0.3) is 0 Å². The lowest BCUT2D eigenvalue weighted by atomic mass is 10.1. The molecule has 0 radical (unpaired) electrons. The van der Waals surface area contributed by atoms with E-state index in [1.807, 2.05) is 0 Å². The molecule has 0 saturated heterocycles. The third-order valence-electron chi connectivity index (χ3n) is 2.24. The van der Waals surface area contributed by atoms with Gasteiger partial charge in [-0.3, -0.25) is 9.59 Å². The second kappa shape index (κ2) is 6.34. The second-order valence-electron chi connectivity index (χ2n) is 3.44. The minimum Gasteiger partial charge on any atom is -0.463 e. The Morgan fingerprint density at radius 1 is 1.28 bits per heavy atom. The molecule has 0 unspecified atom stereocenters. The van der Waals surface area contributed by atoms with Crippen LogP contribution >= 0.6 is 0 Å². The molecule has 5 nitrogen and oxygen atoms in total. The van der Waals surface area contributed by atoms with Crippen molar-refractivity contribution in [2.45, 2.75) is 6.54 Å². The second-order valence-corrected chi connectivity index (χ2v) is 3.44. The molecule has 0 saturated carbocycles. The summed E-state index contributed by atoms with van der Waals surface area (Å²) >= 11 is 0. The van der Waals surface area contributed by atoms with E-state index in [4.69, 9.17) is 0 Å². The highest BCUT2D eigenvalue weighted by Gasteiger charge is 2.15. The molecule has 94 valence electrons. The summed E-state index contributed by atoms with van der Waals surface area (Å²) in [7, 11) is 1.15. The first-order valence-electron chi connectivity index (χ1n) is 5.20. The van der Waals surface area contributed by atoms with E-state index in [0.29, 0.717) is 6.54 Å². The van der Waals surface area contributed by atoms with E-state index >= 15 is 0 Å². The molecular formula is C13H13NO4. The number of ether oxygens (including phenoxy) is 1. The van der Waals surface area contributed by atoms with Crippen molar-refractivity contribution >= 4 is 17.7 Å². The summed E-state index contributed by atoms with van der Waals surface area (Å²) in [6, 6.07) is 6.32. The lowest BCUT2D eigenvalue weighted by Gasteiger charge is -2.03. The lowest BCUT2D eigenvalue weighted by Crippen LogP contribution is -2.20. The Morgan fingerprint density at radius 3 is 2.39 bits per heavy atom. The smallest absolute Gasteiger partial charge is 0.379 e. The highest BCUT2D eigenvalue weighted by molar-refractivity contribution is 6.40. The molecular weight excluding hydrogens is 234 g/mol. The number of nitrogens with one attached hydrogen (secondary N) is 1. The van der Waals surface area contributed by atoms with Crippen molar-refractivity contribution in [3.63, 3.8) is 0 Å². The first-order chi connectivity index (χ1) is 8.58.